The molecule has 16 heavy (non-hydrogen) atoms. The summed E-state index contributed by atoms with van der Waals surface area (Å²) in [5.41, 5.74) is 1.06. The maximum atomic E-state index is 10.9. The van der Waals surface area contributed by atoms with Crippen LogP contribution in [0, 0.1) is 0 Å². The van der Waals surface area contributed by atoms with Crippen LogP contribution in [0.25, 0.3) is 0 Å². The van der Waals surface area contributed by atoms with E-state index in [9.17, 15) is 4.79 Å². The molecule has 0 radical (unpaired) electrons. The highest BCUT2D eigenvalue weighted by Gasteiger charge is 2.15. The zero-order valence-corrected chi connectivity index (χ0v) is 9.98. The van der Waals surface area contributed by atoms with E-state index in [-0.39, 0.29) is 5.78 Å². The number of hydrogen-bond acceptors (Lipinski definition) is 2. The van der Waals surface area contributed by atoms with Crippen molar-refractivity contribution in [2.45, 2.75) is 57.9 Å². The number of carbonyl (C=O) groups excluding carboxylic acids is 1. The van der Waals surface area contributed by atoms with Gasteiger partial charge in [0.15, 0.2) is 0 Å². The minimum Gasteiger partial charge on any atom is -0.300 e. The molecular weight excluding hydrogens is 200 g/mol. The van der Waals surface area contributed by atoms with E-state index in [0.717, 1.165) is 12.1 Å². The molecule has 1 fully saturated rings. The number of aromatic nitrogens is 2. The molecule has 0 atom stereocenters. The molecule has 0 unspecified atom stereocenters. The van der Waals surface area contributed by atoms with Gasteiger partial charge in [-0.2, -0.15) is 5.10 Å². The Morgan fingerprint density at radius 3 is 2.88 bits per heavy atom. The summed E-state index contributed by atoms with van der Waals surface area (Å²) < 4.78 is 2.11. The number of ketones is 1. The Kier molecular flexibility index (Phi) is 3.75. The number of Topliss-reactive ketones (excluding diaryl/α,β-unsaturated/α-hetero) is 1. The minimum absolute atomic E-state index is 0.243. The monoisotopic (exact) mass is 220 g/mol. The molecule has 0 spiro atoms. The van der Waals surface area contributed by atoms with Crippen molar-refractivity contribution in [2.24, 2.45) is 0 Å². The summed E-state index contributed by atoms with van der Waals surface area (Å²) in [4.78, 5) is 10.9. The average Bonchev–Trinajstić information content (AvgIpc) is 2.76. The zero-order chi connectivity index (χ0) is 11.4. The van der Waals surface area contributed by atoms with Gasteiger partial charge in [0.25, 0.3) is 0 Å². The third kappa shape index (κ3) is 2.94. The molecule has 0 N–H and O–H groups in total. The predicted octanol–water partition coefficient (Wildman–Crippen LogP) is 2.91. The Morgan fingerprint density at radius 2 is 2.19 bits per heavy atom. The first kappa shape index (κ1) is 11.4. The lowest BCUT2D eigenvalue weighted by atomic mass is 9.96. The number of nitrogens with zero attached hydrogens (tertiary/aromatic N) is 2. The fourth-order valence-electron chi connectivity index (χ4n) is 2.36. The molecule has 0 amide bonds. The van der Waals surface area contributed by atoms with E-state index in [2.05, 4.69) is 22.0 Å². The quantitative estimate of drug-likeness (QED) is 0.782. The lowest BCUT2D eigenvalue weighted by Gasteiger charge is -2.21. The Labute approximate surface area is 96.8 Å². The van der Waals surface area contributed by atoms with Crippen molar-refractivity contribution in [1.82, 2.24) is 9.78 Å². The Morgan fingerprint density at radius 1 is 1.44 bits per heavy atom. The van der Waals surface area contributed by atoms with Gasteiger partial charge in [-0.05, 0) is 32.3 Å². The van der Waals surface area contributed by atoms with Crippen LogP contribution in [-0.4, -0.2) is 15.6 Å². The molecule has 0 aliphatic heterocycles. The van der Waals surface area contributed by atoms with Crippen molar-refractivity contribution in [1.29, 1.82) is 0 Å². The second-order valence-corrected chi connectivity index (χ2v) is 4.78. The number of hydrogen-bond donors (Lipinski definition) is 0. The molecule has 1 aliphatic rings. The molecule has 1 saturated carbocycles. The van der Waals surface area contributed by atoms with Crippen LogP contribution in [0.2, 0.25) is 0 Å². The van der Waals surface area contributed by atoms with Crippen LogP contribution in [-0.2, 0) is 11.2 Å². The molecule has 3 nitrogen and oxygen atoms in total. The second kappa shape index (κ2) is 5.28. The molecule has 0 aromatic carbocycles. The topological polar surface area (TPSA) is 34.9 Å². The fourth-order valence-corrected chi connectivity index (χ4v) is 2.36. The predicted molar refractivity (Wildman–Crippen MR) is 63.4 cm³/mol. The normalized spacial score (nSPS) is 17.6. The maximum absolute atomic E-state index is 10.9. The summed E-state index contributed by atoms with van der Waals surface area (Å²) in [6.07, 6.45) is 10.0. The fraction of sp³-hybridized carbons (Fsp3) is 0.692. The maximum Gasteiger partial charge on any atom is 0.130 e. The second-order valence-electron chi connectivity index (χ2n) is 4.78. The first-order valence-electron chi connectivity index (χ1n) is 6.29. The van der Waals surface area contributed by atoms with Gasteiger partial charge in [-0.1, -0.05) is 19.3 Å². The molecule has 1 aliphatic carbocycles. The highest BCUT2D eigenvalue weighted by atomic mass is 16.1. The first-order chi connectivity index (χ1) is 7.75. The summed E-state index contributed by atoms with van der Waals surface area (Å²) in [5, 5.41) is 4.57. The minimum atomic E-state index is 0.243. The van der Waals surface area contributed by atoms with Crippen LogP contribution in [0.15, 0.2) is 12.3 Å². The lowest BCUT2D eigenvalue weighted by Crippen LogP contribution is -2.13. The first-order valence-corrected chi connectivity index (χ1v) is 6.29. The Bertz CT molecular complexity index is 351. The summed E-state index contributed by atoms with van der Waals surface area (Å²) in [6, 6.07) is 2.65. The van der Waals surface area contributed by atoms with Crippen molar-refractivity contribution in [2.75, 3.05) is 0 Å². The average molecular weight is 220 g/mol. The van der Waals surface area contributed by atoms with E-state index in [1.54, 1.807) is 6.92 Å². The number of aryl methyl sites for hydroxylation is 1. The summed E-state index contributed by atoms with van der Waals surface area (Å²) >= 11 is 0. The van der Waals surface area contributed by atoms with Crippen LogP contribution in [0.3, 0.4) is 0 Å². The van der Waals surface area contributed by atoms with Crippen LogP contribution in [0.4, 0.5) is 0 Å². The van der Waals surface area contributed by atoms with E-state index < -0.39 is 0 Å². The van der Waals surface area contributed by atoms with Crippen LogP contribution >= 0.6 is 0 Å². The number of carbonyl (C=O) groups is 1. The molecule has 1 aromatic rings. The SMILES string of the molecule is CC(=O)CCc1ccn(C2CCCCC2)n1. The van der Waals surface area contributed by atoms with Crippen molar-refractivity contribution in [3.63, 3.8) is 0 Å². The van der Waals surface area contributed by atoms with Gasteiger partial charge in [0.1, 0.15) is 5.78 Å². The van der Waals surface area contributed by atoms with E-state index in [1.165, 1.54) is 32.1 Å². The van der Waals surface area contributed by atoms with Gasteiger partial charge >= 0.3 is 0 Å². The van der Waals surface area contributed by atoms with Gasteiger partial charge in [0.05, 0.1) is 11.7 Å². The van der Waals surface area contributed by atoms with E-state index >= 15 is 0 Å². The lowest BCUT2D eigenvalue weighted by molar-refractivity contribution is -0.116. The van der Waals surface area contributed by atoms with Gasteiger partial charge in [0, 0.05) is 12.6 Å². The van der Waals surface area contributed by atoms with Crippen molar-refractivity contribution in [3.8, 4) is 0 Å². The molecular formula is C13H20N2O. The number of rotatable bonds is 4. The summed E-state index contributed by atoms with van der Waals surface area (Å²) in [6.45, 7) is 1.64. The van der Waals surface area contributed by atoms with Crippen LogP contribution in [0.5, 0.6) is 0 Å². The third-order valence-corrected chi connectivity index (χ3v) is 3.35. The standard InChI is InChI=1S/C13H20N2O/c1-11(16)7-8-12-9-10-15(14-12)13-5-3-2-4-6-13/h9-10,13H,2-8H2,1H3. The van der Waals surface area contributed by atoms with E-state index in [0.29, 0.717) is 12.5 Å². The van der Waals surface area contributed by atoms with E-state index in [1.807, 2.05) is 0 Å². The van der Waals surface area contributed by atoms with Crippen molar-refractivity contribution >= 4 is 5.78 Å². The van der Waals surface area contributed by atoms with Crippen LogP contribution < -0.4 is 0 Å². The van der Waals surface area contributed by atoms with Crippen LogP contribution in [0.1, 0.15) is 57.2 Å². The molecule has 0 saturated heterocycles. The Balaban J connectivity index is 1.93. The summed E-state index contributed by atoms with van der Waals surface area (Å²) in [5.74, 6) is 0.243. The van der Waals surface area contributed by atoms with Gasteiger partial charge < -0.3 is 4.79 Å². The summed E-state index contributed by atoms with van der Waals surface area (Å²) in [7, 11) is 0. The van der Waals surface area contributed by atoms with E-state index in [4.69, 9.17) is 0 Å². The van der Waals surface area contributed by atoms with Gasteiger partial charge in [0.2, 0.25) is 0 Å². The molecule has 0 bridgehead atoms. The largest absolute Gasteiger partial charge is 0.300 e. The van der Waals surface area contributed by atoms with Gasteiger partial charge in [-0.25, -0.2) is 0 Å². The third-order valence-electron chi connectivity index (χ3n) is 3.35. The van der Waals surface area contributed by atoms with Crippen molar-refractivity contribution < 1.29 is 4.79 Å². The van der Waals surface area contributed by atoms with Gasteiger partial charge in [-0.15, -0.1) is 0 Å². The molecule has 88 valence electrons. The molecule has 1 heterocycles. The van der Waals surface area contributed by atoms with Gasteiger partial charge in [-0.3, -0.25) is 4.68 Å². The van der Waals surface area contributed by atoms with Crippen molar-refractivity contribution in [3.05, 3.63) is 18.0 Å². The molecule has 3 heteroatoms. The zero-order valence-electron chi connectivity index (χ0n) is 9.98. The Hall–Kier alpha value is -1.12. The molecule has 2 rings (SSSR count). The molecule has 1 aromatic heterocycles. The highest BCUT2D eigenvalue weighted by molar-refractivity contribution is 5.75. The smallest absolute Gasteiger partial charge is 0.130 e. The highest BCUT2D eigenvalue weighted by Crippen LogP contribution is 2.27.